The lowest BCUT2D eigenvalue weighted by Gasteiger charge is -2.26. The minimum atomic E-state index is -1.19. The molecule has 2 aromatic rings. The van der Waals surface area contributed by atoms with E-state index in [0.717, 1.165) is 35.1 Å². The molecule has 7 nitrogen and oxygen atoms in total. The average molecular weight is 451 g/mol. The van der Waals surface area contributed by atoms with Crippen molar-refractivity contribution in [1.82, 2.24) is 10.6 Å². The maximum atomic E-state index is 12.7. The molecular weight excluding hydrogens is 420 g/mol. The van der Waals surface area contributed by atoms with Crippen LogP contribution >= 0.6 is 0 Å². The van der Waals surface area contributed by atoms with Gasteiger partial charge in [-0.2, -0.15) is 0 Å². The molecule has 0 bridgehead atoms. The number of fused-ring (bicyclic) bond motifs is 3. The molecule has 0 aromatic heterocycles. The Labute approximate surface area is 193 Å². The number of rotatable bonds is 7. The summed E-state index contributed by atoms with van der Waals surface area (Å²) in [5.41, 5.74) is 3.34. The molecule has 33 heavy (non-hydrogen) atoms. The second kappa shape index (κ2) is 9.25. The van der Waals surface area contributed by atoms with Gasteiger partial charge in [-0.15, -0.1) is 0 Å². The molecule has 2 aliphatic rings. The zero-order chi connectivity index (χ0) is 23.6. The predicted molar refractivity (Wildman–Crippen MR) is 124 cm³/mol. The number of hydrogen-bond donors (Lipinski definition) is 3. The molecular formula is C26H30N2O5. The molecule has 2 aromatic carbocycles. The van der Waals surface area contributed by atoms with Crippen LogP contribution in [0.3, 0.4) is 0 Å². The third kappa shape index (κ3) is 4.72. The predicted octanol–water partition coefficient (Wildman–Crippen LogP) is 3.92. The summed E-state index contributed by atoms with van der Waals surface area (Å²) < 4.78 is 5.54. The Morgan fingerprint density at radius 2 is 1.61 bits per heavy atom. The molecule has 0 radical (unpaired) electrons. The number of ether oxygens (including phenoxy) is 1. The third-order valence-electron chi connectivity index (χ3n) is 6.83. The number of hydrogen-bond acceptors (Lipinski definition) is 4. The van der Waals surface area contributed by atoms with Gasteiger partial charge in [-0.3, -0.25) is 9.59 Å². The van der Waals surface area contributed by atoms with Crippen LogP contribution in [0.5, 0.6) is 0 Å². The van der Waals surface area contributed by atoms with Crippen LogP contribution < -0.4 is 10.6 Å². The summed E-state index contributed by atoms with van der Waals surface area (Å²) in [6, 6.07) is 16.2. The van der Waals surface area contributed by atoms with Crippen LogP contribution in [0.15, 0.2) is 48.5 Å². The molecule has 2 atom stereocenters. The highest BCUT2D eigenvalue weighted by atomic mass is 16.5. The first-order valence-corrected chi connectivity index (χ1v) is 11.4. The Morgan fingerprint density at radius 1 is 1.00 bits per heavy atom. The Balaban J connectivity index is 1.33. The lowest BCUT2D eigenvalue weighted by atomic mass is 9.95. The summed E-state index contributed by atoms with van der Waals surface area (Å²) in [5, 5.41) is 14.8. The standard InChI is InChI=1S/C26H30N2O5/c1-26(2,24(31)27-14-16-8-7-13-17(16)23(29)30)28-25(32)33-15-22-20-11-5-3-9-18(20)19-10-4-6-12-21(19)22/h3-6,9-12,16-17,22H,7-8,13-15H2,1-2H3,(H,27,31)(H,28,32)(H,29,30)/t16-,17-/m0/s1. The van der Waals surface area contributed by atoms with Gasteiger partial charge in [-0.05, 0) is 54.9 Å². The zero-order valence-corrected chi connectivity index (χ0v) is 19.0. The van der Waals surface area contributed by atoms with Crippen LogP contribution in [0, 0.1) is 11.8 Å². The fraction of sp³-hybridized carbons (Fsp3) is 0.423. The van der Waals surface area contributed by atoms with E-state index in [1.807, 2.05) is 36.4 Å². The minimum Gasteiger partial charge on any atom is -0.481 e. The van der Waals surface area contributed by atoms with Gasteiger partial charge in [0.25, 0.3) is 0 Å². The topological polar surface area (TPSA) is 105 Å². The van der Waals surface area contributed by atoms with E-state index in [0.29, 0.717) is 6.42 Å². The van der Waals surface area contributed by atoms with E-state index in [9.17, 15) is 19.5 Å². The second-order valence-corrected chi connectivity index (χ2v) is 9.42. The molecule has 174 valence electrons. The fourth-order valence-corrected chi connectivity index (χ4v) is 5.00. The smallest absolute Gasteiger partial charge is 0.408 e. The van der Waals surface area contributed by atoms with E-state index < -0.39 is 23.5 Å². The maximum Gasteiger partial charge on any atom is 0.408 e. The lowest BCUT2D eigenvalue weighted by Crippen LogP contribution is -2.55. The van der Waals surface area contributed by atoms with Gasteiger partial charge in [-0.1, -0.05) is 55.0 Å². The number of benzene rings is 2. The molecule has 7 heteroatoms. The zero-order valence-electron chi connectivity index (χ0n) is 19.0. The summed E-state index contributed by atoms with van der Waals surface area (Å²) in [6.07, 6.45) is 1.59. The highest BCUT2D eigenvalue weighted by molar-refractivity contribution is 5.89. The van der Waals surface area contributed by atoms with Crippen LogP contribution in [0.4, 0.5) is 4.79 Å². The molecule has 2 amide bonds. The van der Waals surface area contributed by atoms with Crippen molar-refractivity contribution in [2.24, 2.45) is 11.8 Å². The van der Waals surface area contributed by atoms with Crippen molar-refractivity contribution in [3.63, 3.8) is 0 Å². The number of carbonyl (C=O) groups is 3. The van der Waals surface area contributed by atoms with E-state index in [1.54, 1.807) is 13.8 Å². The normalized spacial score (nSPS) is 19.5. The molecule has 1 saturated carbocycles. The molecule has 0 saturated heterocycles. The van der Waals surface area contributed by atoms with Crippen molar-refractivity contribution in [2.45, 2.75) is 44.6 Å². The molecule has 0 unspecified atom stereocenters. The molecule has 2 aliphatic carbocycles. The Morgan fingerprint density at radius 3 is 2.21 bits per heavy atom. The van der Waals surface area contributed by atoms with E-state index >= 15 is 0 Å². The van der Waals surface area contributed by atoms with Crippen molar-refractivity contribution < 1.29 is 24.2 Å². The summed E-state index contributed by atoms with van der Waals surface area (Å²) in [6.45, 7) is 3.66. The van der Waals surface area contributed by atoms with Gasteiger partial charge >= 0.3 is 12.1 Å². The van der Waals surface area contributed by atoms with E-state index in [-0.39, 0.29) is 30.9 Å². The number of carboxylic acid groups (broad SMARTS) is 1. The van der Waals surface area contributed by atoms with Gasteiger partial charge in [-0.25, -0.2) is 4.79 Å². The van der Waals surface area contributed by atoms with Gasteiger partial charge in [0.1, 0.15) is 12.1 Å². The summed E-state index contributed by atoms with van der Waals surface area (Å²) in [5.74, 6) is -1.76. The molecule has 0 aliphatic heterocycles. The number of aliphatic carboxylic acids is 1. The van der Waals surface area contributed by atoms with Crippen molar-refractivity contribution in [1.29, 1.82) is 0 Å². The van der Waals surface area contributed by atoms with E-state index in [4.69, 9.17) is 4.74 Å². The summed E-state index contributed by atoms with van der Waals surface area (Å²) in [4.78, 5) is 36.6. The Hall–Kier alpha value is -3.35. The van der Waals surface area contributed by atoms with Crippen LogP contribution in [0.25, 0.3) is 11.1 Å². The Bertz CT molecular complexity index is 1020. The largest absolute Gasteiger partial charge is 0.481 e. The molecule has 1 fully saturated rings. The fourth-order valence-electron chi connectivity index (χ4n) is 5.00. The van der Waals surface area contributed by atoms with Gasteiger partial charge in [0.2, 0.25) is 5.91 Å². The first-order valence-electron chi connectivity index (χ1n) is 11.4. The van der Waals surface area contributed by atoms with Crippen LogP contribution in [0.2, 0.25) is 0 Å². The number of nitrogens with one attached hydrogen (secondary N) is 2. The van der Waals surface area contributed by atoms with Gasteiger partial charge < -0.3 is 20.5 Å². The second-order valence-electron chi connectivity index (χ2n) is 9.42. The van der Waals surface area contributed by atoms with E-state index in [2.05, 4.69) is 22.8 Å². The number of alkyl carbamates (subject to hydrolysis) is 1. The van der Waals surface area contributed by atoms with Crippen molar-refractivity contribution >= 4 is 18.0 Å². The van der Waals surface area contributed by atoms with Crippen LogP contribution in [-0.4, -0.2) is 41.8 Å². The number of amides is 2. The Kier molecular flexibility index (Phi) is 6.40. The molecule has 3 N–H and O–H groups in total. The maximum absolute atomic E-state index is 12.7. The van der Waals surface area contributed by atoms with Gasteiger partial charge in [0.15, 0.2) is 0 Å². The van der Waals surface area contributed by atoms with Gasteiger partial charge in [0, 0.05) is 12.5 Å². The quantitative estimate of drug-likeness (QED) is 0.593. The lowest BCUT2D eigenvalue weighted by molar-refractivity contribution is -0.143. The van der Waals surface area contributed by atoms with Crippen LogP contribution in [-0.2, 0) is 14.3 Å². The average Bonchev–Trinajstić information content (AvgIpc) is 3.38. The van der Waals surface area contributed by atoms with Crippen LogP contribution in [0.1, 0.15) is 50.2 Å². The SMILES string of the molecule is CC(C)(NC(=O)OCC1c2ccccc2-c2ccccc21)C(=O)NC[C@@H]1CCC[C@@H]1C(=O)O. The summed E-state index contributed by atoms with van der Waals surface area (Å²) >= 11 is 0. The first kappa shape index (κ1) is 22.8. The minimum absolute atomic E-state index is 0.0598. The first-order chi connectivity index (χ1) is 15.8. The van der Waals surface area contributed by atoms with Crippen molar-refractivity contribution in [3.05, 3.63) is 59.7 Å². The van der Waals surface area contributed by atoms with E-state index in [1.165, 1.54) is 0 Å². The molecule has 0 heterocycles. The van der Waals surface area contributed by atoms with Crippen molar-refractivity contribution in [2.75, 3.05) is 13.2 Å². The number of carboxylic acids is 1. The third-order valence-corrected chi connectivity index (χ3v) is 6.83. The summed E-state index contributed by atoms with van der Waals surface area (Å²) in [7, 11) is 0. The highest BCUT2D eigenvalue weighted by Gasteiger charge is 2.36. The highest BCUT2D eigenvalue weighted by Crippen LogP contribution is 2.44. The number of carbonyl (C=O) groups excluding carboxylic acids is 2. The van der Waals surface area contributed by atoms with Gasteiger partial charge in [0.05, 0.1) is 5.92 Å². The molecule has 4 rings (SSSR count). The molecule has 0 spiro atoms. The van der Waals surface area contributed by atoms with Crippen molar-refractivity contribution in [3.8, 4) is 11.1 Å². The monoisotopic (exact) mass is 450 g/mol.